The Labute approximate surface area is 107 Å². The number of allylic oxidation sites excluding steroid dienone is 3. The molecular formula is C13H15NO3S. The van der Waals surface area contributed by atoms with Crippen LogP contribution in [-0.2, 0) is 14.4 Å². The molecular weight excluding hydrogens is 250 g/mol. The minimum absolute atomic E-state index is 0.442. The van der Waals surface area contributed by atoms with Gasteiger partial charge in [-0.1, -0.05) is 48.1 Å². The normalized spacial score (nSPS) is 12.7. The molecule has 1 aromatic rings. The van der Waals surface area contributed by atoms with E-state index in [2.05, 4.69) is 16.0 Å². The zero-order chi connectivity index (χ0) is 13.6. The standard InChI is InChI=1S/C13H15NO3S/c1-11(13-7-5-4-6-8-13)9-10-12(2)14-17-18(3,15)16/h4-10H,1H2,2-3H3. The molecule has 0 aliphatic heterocycles. The van der Waals surface area contributed by atoms with Gasteiger partial charge in [0.1, 0.15) is 0 Å². The summed E-state index contributed by atoms with van der Waals surface area (Å²) in [5.74, 6) is 0. The molecule has 0 saturated carbocycles. The first kappa shape index (κ1) is 14.2. The van der Waals surface area contributed by atoms with Crippen molar-refractivity contribution in [2.75, 3.05) is 6.26 Å². The predicted molar refractivity (Wildman–Crippen MR) is 73.7 cm³/mol. The highest BCUT2D eigenvalue weighted by Crippen LogP contribution is 2.12. The summed E-state index contributed by atoms with van der Waals surface area (Å²) < 4.78 is 25.8. The van der Waals surface area contributed by atoms with Crippen LogP contribution in [0, 0.1) is 0 Å². The Balaban J connectivity index is 2.68. The molecule has 5 heteroatoms. The topological polar surface area (TPSA) is 55.7 Å². The number of oxime groups is 1. The first-order valence-corrected chi connectivity index (χ1v) is 7.06. The third kappa shape index (κ3) is 5.45. The molecule has 4 nitrogen and oxygen atoms in total. The van der Waals surface area contributed by atoms with Crippen molar-refractivity contribution in [1.29, 1.82) is 0 Å². The fourth-order valence-electron chi connectivity index (χ4n) is 1.13. The van der Waals surface area contributed by atoms with E-state index in [-0.39, 0.29) is 0 Å². The van der Waals surface area contributed by atoms with Gasteiger partial charge in [0.25, 0.3) is 0 Å². The first-order chi connectivity index (χ1) is 8.38. The Kier molecular flexibility index (Phi) is 4.85. The van der Waals surface area contributed by atoms with Crippen LogP contribution in [0.1, 0.15) is 12.5 Å². The summed E-state index contributed by atoms with van der Waals surface area (Å²) in [4.78, 5) is 0. The van der Waals surface area contributed by atoms with Crippen molar-refractivity contribution in [3.05, 3.63) is 54.6 Å². The van der Waals surface area contributed by atoms with Crippen molar-refractivity contribution in [2.24, 2.45) is 5.16 Å². The average molecular weight is 265 g/mol. The summed E-state index contributed by atoms with van der Waals surface area (Å²) in [5, 5.41) is 3.46. The summed E-state index contributed by atoms with van der Waals surface area (Å²) in [6, 6.07) is 9.63. The van der Waals surface area contributed by atoms with E-state index >= 15 is 0 Å². The predicted octanol–water partition coefficient (Wildman–Crippen LogP) is 2.61. The van der Waals surface area contributed by atoms with Crippen molar-refractivity contribution >= 4 is 21.4 Å². The quantitative estimate of drug-likeness (QED) is 0.467. The molecule has 96 valence electrons. The van der Waals surface area contributed by atoms with Crippen molar-refractivity contribution in [1.82, 2.24) is 0 Å². The van der Waals surface area contributed by atoms with Gasteiger partial charge in [0.15, 0.2) is 0 Å². The van der Waals surface area contributed by atoms with Gasteiger partial charge in [-0.15, -0.1) is 0 Å². The molecule has 0 aliphatic carbocycles. The maximum absolute atomic E-state index is 10.7. The summed E-state index contributed by atoms with van der Waals surface area (Å²) in [7, 11) is -3.55. The number of hydrogen-bond donors (Lipinski definition) is 0. The Bertz CT molecular complexity index is 572. The Morgan fingerprint density at radius 3 is 2.44 bits per heavy atom. The maximum atomic E-state index is 10.7. The second kappa shape index (κ2) is 6.16. The van der Waals surface area contributed by atoms with Crippen LogP contribution in [0.3, 0.4) is 0 Å². The van der Waals surface area contributed by atoms with Crippen LogP contribution in [0.2, 0.25) is 0 Å². The smallest absolute Gasteiger partial charge is 0.268 e. The van der Waals surface area contributed by atoms with Crippen molar-refractivity contribution in [3.63, 3.8) is 0 Å². The zero-order valence-electron chi connectivity index (χ0n) is 10.3. The number of nitrogens with zero attached hydrogens (tertiary/aromatic N) is 1. The average Bonchev–Trinajstić information content (AvgIpc) is 2.33. The van der Waals surface area contributed by atoms with E-state index < -0.39 is 10.1 Å². The van der Waals surface area contributed by atoms with E-state index in [1.54, 1.807) is 19.1 Å². The lowest BCUT2D eigenvalue weighted by Gasteiger charge is -1.99. The molecule has 0 aliphatic rings. The summed E-state index contributed by atoms with van der Waals surface area (Å²) in [5.41, 5.74) is 2.24. The number of benzene rings is 1. The molecule has 0 saturated heterocycles. The summed E-state index contributed by atoms with van der Waals surface area (Å²) in [6.07, 6.45) is 4.33. The van der Waals surface area contributed by atoms with Crippen LogP contribution in [0.5, 0.6) is 0 Å². The molecule has 0 N–H and O–H groups in total. The highest BCUT2D eigenvalue weighted by atomic mass is 32.2. The van der Waals surface area contributed by atoms with Gasteiger partial charge in [-0.05, 0) is 24.1 Å². The number of rotatable bonds is 5. The molecule has 0 amide bonds. The van der Waals surface area contributed by atoms with Crippen molar-refractivity contribution in [3.8, 4) is 0 Å². The highest BCUT2D eigenvalue weighted by Gasteiger charge is 1.99. The first-order valence-electron chi connectivity index (χ1n) is 5.24. The van der Waals surface area contributed by atoms with Gasteiger partial charge in [0.2, 0.25) is 0 Å². The molecule has 0 fully saturated rings. The van der Waals surface area contributed by atoms with E-state index in [0.29, 0.717) is 5.71 Å². The molecule has 1 rings (SSSR count). The van der Waals surface area contributed by atoms with Gasteiger partial charge in [-0.25, -0.2) is 0 Å². The fraction of sp³-hybridized carbons (Fsp3) is 0.154. The van der Waals surface area contributed by atoms with E-state index in [9.17, 15) is 8.42 Å². The summed E-state index contributed by atoms with van der Waals surface area (Å²) >= 11 is 0. The van der Waals surface area contributed by atoms with Crippen LogP contribution in [0.25, 0.3) is 5.57 Å². The Hall–Kier alpha value is -1.88. The third-order valence-corrected chi connectivity index (χ3v) is 2.33. The van der Waals surface area contributed by atoms with Crippen LogP contribution < -0.4 is 0 Å². The second-order valence-electron chi connectivity index (χ2n) is 3.74. The SMILES string of the molecule is C=C(C=CC(C)=NOS(C)(=O)=O)c1ccccc1. The molecule has 0 unspecified atom stereocenters. The largest absolute Gasteiger partial charge is 0.325 e. The van der Waals surface area contributed by atoms with Crippen LogP contribution >= 0.6 is 0 Å². The third-order valence-electron chi connectivity index (χ3n) is 1.99. The van der Waals surface area contributed by atoms with Crippen molar-refractivity contribution in [2.45, 2.75) is 6.92 Å². The molecule has 0 aromatic heterocycles. The molecule has 18 heavy (non-hydrogen) atoms. The zero-order valence-corrected chi connectivity index (χ0v) is 11.1. The monoisotopic (exact) mass is 265 g/mol. The molecule has 0 spiro atoms. The lowest BCUT2D eigenvalue weighted by Crippen LogP contribution is -1.99. The maximum Gasteiger partial charge on any atom is 0.325 e. The van der Waals surface area contributed by atoms with Gasteiger partial charge in [-0.3, -0.25) is 4.28 Å². The van der Waals surface area contributed by atoms with Crippen molar-refractivity contribution < 1.29 is 12.7 Å². The van der Waals surface area contributed by atoms with Gasteiger partial charge >= 0.3 is 10.1 Å². The second-order valence-corrected chi connectivity index (χ2v) is 5.29. The van der Waals surface area contributed by atoms with Crippen LogP contribution in [-0.4, -0.2) is 20.4 Å². The van der Waals surface area contributed by atoms with E-state index in [1.165, 1.54) is 0 Å². The van der Waals surface area contributed by atoms with Gasteiger partial charge < -0.3 is 0 Å². The van der Waals surface area contributed by atoms with Gasteiger partial charge in [0, 0.05) is 0 Å². The van der Waals surface area contributed by atoms with Gasteiger partial charge in [0.05, 0.1) is 12.0 Å². The lowest BCUT2D eigenvalue weighted by atomic mass is 10.1. The van der Waals surface area contributed by atoms with E-state index in [1.807, 2.05) is 30.3 Å². The van der Waals surface area contributed by atoms with Crippen LogP contribution in [0.4, 0.5) is 0 Å². The fourth-order valence-corrected chi connectivity index (χ4v) is 1.38. The Morgan fingerprint density at radius 2 is 1.89 bits per heavy atom. The lowest BCUT2D eigenvalue weighted by molar-refractivity contribution is 0.343. The minimum atomic E-state index is -3.55. The molecule has 0 atom stereocenters. The van der Waals surface area contributed by atoms with Crippen LogP contribution in [0.15, 0.2) is 54.2 Å². The molecule has 0 bridgehead atoms. The summed E-state index contributed by atoms with van der Waals surface area (Å²) in [6.45, 7) is 5.54. The van der Waals surface area contributed by atoms with E-state index in [0.717, 1.165) is 17.4 Å². The van der Waals surface area contributed by atoms with Gasteiger partial charge in [-0.2, -0.15) is 8.42 Å². The minimum Gasteiger partial charge on any atom is -0.268 e. The van der Waals surface area contributed by atoms with E-state index in [4.69, 9.17) is 0 Å². The molecule has 1 aromatic carbocycles. The molecule has 0 radical (unpaired) electrons. The molecule has 0 heterocycles. The highest BCUT2D eigenvalue weighted by molar-refractivity contribution is 7.85. The Morgan fingerprint density at radius 1 is 1.28 bits per heavy atom. The number of hydrogen-bond acceptors (Lipinski definition) is 4.